The van der Waals surface area contributed by atoms with E-state index in [0.29, 0.717) is 10.1 Å². The van der Waals surface area contributed by atoms with E-state index in [1.807, 2.05) is 0 Å². The van der Waals surface area contributed by atoms with Gasteiger partial charge in [0.15, 0.2) is 0 Å². The summed E-state index contributed by atoms with van der Waals surface area (Å²) in [6.45, 7) is 0. The number of carbonyl (C=O) groups excluding carboxylic acids is 2. The Morgan fingerprint density at radius 3 is 2.60 bits per heavy atom. The molecular formula is C16H11ClFN3O3S. The van der Waals surface area contributed by atoms with Crippen molar-refractivity contribution in [3.63, 3.8) is 0 Å². The lowest BCUT2D eigenvalue weighted by Crippen LogP contribution is -2.21. The number of benzene rings is 2. The number of hydrogen-bond donors (Lipinski definition) is 4. The lowest BCUT2D eigenvalue weighted by Gasteiger charge is -2.08. The number of thiophene rings is 1. The van der Waals surface area contributed by atoms with Crippen molar-refractivity contribution in [1.82, 2.24) is 0 Å². The molecular weight excluding hydrogens is 369 g/mol. The molecule has 0 aliphatic heterocycles. The summed E-state index contributed by atoms with van der Waals surface area (Å²) in [5.74, 6) is -1.29. The summed E-state index contributed by atoms with van der Waals surface area (Å²) >= 11 is 6.76. The highest BCUT2D eigenvalue weighted by Crippen LogP contribution is 2.37. The minimum atomic E-state index is -0.711. The van der Waals surface area contributed by atoms with Crippen LogP contribution in [-0.4, -0.2) is 17.0 Å². The molecule has 0 atom stereocenters. The molecule has 128 valence electrons. The molecule has 0 saturated carbocycles. The second-order valence-corrected chi connectivity index (χ2v) is 6.52. The Balaban J connectivity index is 1.88. The second-order valence-electron chi connectivity index (χ2n) is 5.06. The summed E-state index contributed by atoms with van der Waals surface area (Å²) in [6.07, 6.45) is 0. The van der Waals surface area contributed by atoms with Crippen molar-refractivity contribution in [1.29, 1.82) is 0 Å². The SMILES string of the molecule is NC(=O)c1c(NC(=O)Nc2ccc(F)c(Cl)c2)sc2cc(O)ccc12. The average molecular weight is 380 g/mol. The number of primary amides is 1. The summed E-state index contributed by atoms with van der Waals surface area (Å²) in [7, 11) is 0. The summed E-state index contributed by atoms with van der Waals surface area (Å²) < 4.78 is 13.7. The fourth-order valence-corrected chi connectivity index (χ4v) is 3.57. The number of carbonyl (C=O) groups is 2. The zero-order valence-corrected chi connectivity index (χ0v) is 14.0. The van der Waals surface area contributed by atoms with Gasteiger partial charge < -0.3 is 16.2 Å². The maximum atomic E-state index is 13.1. The van der Waals surface area contributed by atoms with Crippen LogP contribution in [0.25, 0.3) is 10.1 Å². The Labute approximate surface area is 150 Å². The Morgan fingerprint density at radius 2 is 1.92 bits per heavy atom. The van der Waals surface area contributed by atoms with Gasteiger partial charge in [0.1, 0.15) is 16.6 Å². The van der Waals surface area contributed by atoms with Gasteiger partial charge in [-0.1, -0.05) is 11.6 Å². The van der Waals surface area contributed by atoms with Crippen LogP contribution >= 0.6 is 22.9 Å². The zero-order valence-electron chi connectivity index (χ0n) is 12.5. The van der Waals surface area contributed by atoms with Gasteiger partial charge in [-0.3, -0.25) is 10.1 Å². The number of nitrogens with one attached hydrogen (secondary N) is 2. The molecule has 5 N–H and O–H groups in total. The van der Waals surface area contributed by atoms with Crippen LogP contribution < -0.4 is 16.4 Å². The van der Waals surface area contributed by atoms with Gasteiger partial charge in [-0.05, 0) is 36.4 Å². The molecule has 0 aliphatic rings. The largest absolute Gasteiger partial charge is 0.508 e. The Hall–Kier alpha value is -2.84. The highest BCUT2D eigenvalue weighted by atomic mass is 35.5. The molecule has 3 rings (SSSR count). The van der Waals surface area contributed by atoms with Gasteiger partial charge in [-0.25, -0.2) is 9.18 Å². The van der Waals surface area contributed by atoms with E-state index in [2.05, 4.69) is 10.6 Å². The Bertz CT molecular complexity index is 1010. The van der Waals surface area contributed by atoms with Crippen LogP contribution in [0.4, 0.5) is 19.9 Å². The normalized spacial score (nSPS) is 10.6. The molecule has 1 aromatic heterocycles. The van der Waals surface area contributed by atoms with E-state index in [1.165, 1.54) is 24.3 Å². The minimum absolute atomic E-state index is 0.0294. The lowest BCUT2D eigenvalue weighted by atomic mass is 10.1. The zero-order chi connectivity index (χ0) is 18.1. The summed E-state index contributed by atoms with van der Waals surface area (Å²) in [5.41, 5.74) is 5.83. The van der Waals surface area contributed by atoms with Crippen LogP contribution in [0.2, 0.25) is 5.02 Å². The number of phenolic OH excluding ortho intramolecular Hbond substituents is 1. The van der Waals surface area contributed by atoms with Crippen molar-refractivity contribution < 1.29 is 19.1 Å². The number of rotatable bonds is 3. The van der Waals surface area contributed by atoms with Crippen molar-refractivity contribution >= 4 is 55.7 Å². The molecule has 0 unspecified atom stereocenters. The average Bonchev–Trinajstić information content (AvgIpc) is 2.87. The molecule has 0 spiro atoms. The molecule has 0 radical (unpaired) electrons. The van der Waals surface area contributed by atoms with E-state index in [1.54, 1.807) is 6.07 Å². The first-order valence-electron chi connectivity index (χ1n) is 6.93. The predicted octanol–water partition coefficient (Wildman–Crippen LogP) is 4.14. The van der Waals surface area contributed by atoms with Gasteiger partial charge in [-0.15, -0.1) is 11.3 Å². The molecule has 9 heteroatoms. The second kappa shape index (κ2) is 6.58. The third-order valence-corrected chi connectivity index (χ3v) is 4.68. The van der Waals surface area contributed by atoms with Crippen molar-refractivity contribution in [2.75, 3.05) is 10.6 Å². The molecule has 0 fully saturated rings. The number of aromatic hydroxyl groups is 1. The molecule has 0 aliphatic carbocycles. The van der Waals surface area contributed by atoms with Crippen LogP contribution in [0.3, 0.4) is 0 Å². The maximum Gasteiger partial charge on any atom is 0.324 e. The minimum Gasteiger partial charge on any atom is -0.508 e. The highest BCUT2D eigenvalue weighted by Gasteiger charge is 2.19. The van der Waals surface area contributed by atoms with Crippen LogP contribution in [0.15, 0.2) is 36.4 Å². The predicted molar refractivity (Wildman–Crippen MR) is 96.1 cm³/mol. The van der Waals surface area contributed by atoms with Crippen LogP contribution in [0.1, 0.15) is 10.4 Å². The molecule has 3 aromatic rings. The van der Waals surface area contributed by atoms with Crippen LogP contribution in [0, 0.1) is 5.82 Å². The van der Waals surface area contributed by atoms with Crippen LogP contribution in [0.5, 0.6) is 5.75 Å². The number of phenols is 1. The standard InChI is InChI=1S/C16H11ClFN3O3S/c17-10-5-7(1-4-11(10)18)20-16(24)21-15-13(14(19)23)9-3-2-8(22)6-12(9)25-15/h1-6,22H,(H2,19,23)(H2,20,21,24). The summed E-state index contributed by atoms with van der Waals surface area (Å²) in [4.78, 5) is 23.9. The topological polar surface area (TPSA) is 104 Å². The van der Waals surface area contributed by atoms with E-state index in [4.69, 9.17) is 17.3 Å². The van der Waals surface area contributed by atoms with Gasteiger partial charge in [-0.2, -0.15) is 0 Å². The first-order chi connectivity index (χ1) is 11.8. The first kappa shape index (κ1) is 17.0. The van der Waals surface area contributed by atoms with Gasteiger partial charge in [0.25, 0.3) is 5.91 Å². The quantitative estimate of drug-likeness (QED) is 0.549. The number of amides is 3. The molecule has 3 amide bonds. The Kier molecular flexibility index (Phi) is 4.47. The van der Waals surface area contributed by atoms with Crippen LogP contribution in [-0.2, 0) is 0 Å². The van der Waals surface area contributed by atoms with E-state index in [-0.39, 0.29) is 27.0 Å². The number of urea groups is 1. The highest BCUT2D eigenvalue weighted by molar-refractivity contribution is 7.23. The lowest BCUT2D eigenvalue weighted by molar-refractivity contribution is 0.100. The first-order valence-corrected chi connectivity index (χ1v) is 8.13. The summed E-state index contributed by atoms with van der Waals surface area (Å²) in [6, 6.07) is 7.51. The molecule has 6 nitrogen and oxygen atoms in total. The van der Waals surface area contributed by atoms with Crippen molar-refractivity contribution in [3.8, 4) is 5.75 Å². The molecule has 0 saturated heterocycles. The smallest absolute Gasteiger partial charge is 0.324 e. The molecule has 0 bridgehead atoms. The monoisotopic (exact) mass is 379 g/mol. The molecule has 1 heterocycles. The van der Waals surface area contributed by atoms with Crippen molar-refractivity contribution in [3.05, 3.63) is 52.8 Å². The van der Waals surface area contributed by atoms with E-state index < -0.39 is 17.8 Å². The third-order valence-electron chi connectivity index (χ3n) is 3.32. The van der Waals surface area contributed by atoms with E-state index >= 15 is 0 Å². The summed E-state index contributed by atoms with van der Waals surface area (Å²) in [5, 5.41) is 15.2. The third kappa shape index (κ3) is 3.49. The number of nitrogens with two attached hydrogens (primary N) is 1. The molecule has 25 heavy (non-hydrogen) atoms. The van der Waals surface area contributed by atoms with Crippen molar-refractivity contribution in [2.24, 2.45) is 5.73 Å². The number of anilines is 2. The van der Waals surface area contributed by atoms with Gasteiger partial charge >= 0.3 is 6.03 Å². The Morgan fingerprint density at radius 1 is 1.16 bits per heavy atom. The number of halogens is 2. The van der Waals surface area contributed by atoms with E-state index in [0.717, 1.165) is 17.4 Å². The van der Waals surface area contributed by atoms with Crippen molar-refractivity contribution in [2.45, 2.75) is 0 Å². The van der Waals surface area contributed by atoms with Gasteiger partial charge in [0.2, 0.25) is 0 Å². The van der Waals surface area contributed by atoms with Gasteiger partial charge in [0, 0.05) is 15.8 Å². The fourth-order valence-electron chi connectivity index (χ4n) is 2.26. The maximum absolute atomic E-state index is 13.1. The number of hydrogen-bond acceptors (Lipinski definition) is 4. The fraction of sp³-hybridized carbons (Fsp3) is 0. The van der Waals surface area contributed by atoms with E-state index in [9.17, 15) is 19.1 Å². The van der Waals surface area contributed by atoms with Gasteiger partial charge in [0.05, 0.1) is 10.6 Å². The molecule has 2 aromatic carbocycles. The number of fused-ring (bicyclic) bond motifs is 1.